The van der Waals surface area contributed by atoms with Gasteiger partial charge in [0.05, 0.1) is 19.1 Å². The SMILES string of the molecule is COc1ccc(C2CC(=O)c3cc(N)ccc3O2)cc1. The number of carbonyl (C=O) groups excluding carboxylic acids is 1. The molecule has 2 aromatic rings. The Labute approximate surface area is 117 Å². The van der Waals surface area contributed by atoms with E-state index in [9.17, 15) is 4.79 Å². The third-order valence-electron chi connectivity index (χ3n) is 3.43. The van der Waals surface area contributed by atoms with Gasteiger partial charge in [0.25, 0.3) is 0 Å². The van der Waals surface area contributed by atoms with Crippen LogP contribution in [0.4, 0.5) is 5.69 Å². The standard InChI is InChI=1S/C16H15NO3/c1-19-12-5-2-10(3-6-12)16-9-14(18)13-8-11(17)4-7-15(13)20-16/h2-8,16H,9,17H2,1H3. The maximum atomic E-state index is 12.2. The van der Waals surface area contributed by atoms with E-state index in [1.54, 1.807) is 25.3 Å². The van der Waals surface area contributed by atoms with E-state index >= 15 is 0 Å². The van der Waals surface area contributed by atoms with E-state index in [0.717, 1.165) is 11.3 Å². The highest BCUT2D eigenvalue weighted by Crippen LogP contribution is 2.36. The maximum absolute atomic E-state index is 12.2. The van der Waals surface area contributed by atoms with Gasteiger partial charge in [0, 0.05) is 5.69 Å². The molecule has 0 radical (unpaired) electrons. The quantitative estimate of drug-likeness (QED) is 0.851. The molecule has 0 saturated heterocycles. The van der Waals surface area contributed by atoms with Crippen molar-refractivity contribution in [3.05, 3.63) is 53.6 Å². The minimum Gasteiger partial charge on any atom is -0.497 e. The lowest BCUT2D eigenvalue weighted by Gasteiger charge is -2.25. The number of nitrogen functional groups attached to an aromatic ring is 1. The van der Waals surface area contributed by atoms with Gasteiger partial charge in [0.2, 0.25) is 0 Å². The van der Waals surface area contributed by atoms with Gasteiger partial charge in [0.15, 0.2) is 5.78 Å². The van der Waals surface area contributed by atoms with E-state index in [1.807, 2.05) is 24.3 Å². The van der Waals surface area contributed by atoms with Crippen LogP contribution in [0.3, 0.4) is 0 Å². The van der Waals surface area contributed by atoms with Crippen LogP contribution in [-0.2, 0) is 0 Å². The van der Waals surface area contributed by atoms with Crippen molar-refractivity contribution in [2.24, 2.45) is 0 Å². The van der Waals surface area contributed by atoms with Gasteiger partial charge in [-0.15, -0.1) is 0 Å². The molecule has 0 fully saturated rings. The predicted octanol–water partition coefficient (Wildman–Crippen LogP) is 2.98. The number of fused-ring (bicyclic) bond motifs is 1. The van der Waals surface area contributed by atoms with Crippen LogP contribution in [0, 0.1) is 0 Å². The van der Waals surface area contributed by atoms with Gasteiger partial charge >= 0.3 is 0 Å². The molecule has 0 saturated carbocycles. The summed E-state index contributed by atoms with van der Waals surface area (Å²) in [4.78, 5) is 12.2. The molecule has 0 aliphatic carbocycles. The zero-order valence-corrected chi connectivity index (χ0v) is 11.1. The van der Waals surface area contributed by atoms with E-state index in [1.165, 1.54) is 0 Å². The molecule has 4 heteroatoms. The summed E-state index contributed by atoms with van der Waals surface area (Å²) in [6, 6.07) is 12.7. The van der Waals surface area contributed by atoms with Crippen molar-refractivity contribution >= 4 is 11.5 Å². The molecule has 1 heterocycles. The Hall–Kier alpha value is -2.49. The van der Waals surface area contributed by atoms with E-state index in [0.29, 0.717) is 23.4 Å². The average Bonchev–Trinajstić information content (AvgIpc) is 2.48. The molecule has 2 N–H and O–H groups in total. The first-order chi connectivity index (χ1) is 9.67. The van der Waals surface area contributed by atoms with Gasteiger partial charge in [-0.1, -0.05) is 12.1 Å². The number of hydrogen-bond acceptors (Lipinski definition) is 4. The first kappa shape index (κ1) is 12.5. The van der Waals surface area contributed by atoms with Crippen LogP contribution in [0.1, 0.15) is 28.4 Å². The normalized spacial score (nSPS) is 17.2. The Morgan fingerprint density at radius 3 is 2.65 bits per heavy atom. The van der Waals surface area contributed by atoms with Gasteiger partial charge in [0.1, 0.15) is 17.6 Å². The first-order valence-electron chi connectivity index (χ1n) is 6.40. The molecule has 0 aromatic heterocycles. The van der Waals surface area contributed by atoms with E-state index < -0.39 is 0 Å². The summed E-state index contributed by atoms with van der Waals surface area (Å²) in [7, 11) is 1.62. The molecule has 2 aromatic carbocycles. The van der Waals surface area contributed by atoms with Crippen molar-refractivity contribution < 1.29 is 14.3 Å². The highest BCUT2D eigenvalue weighted by atomic mass is 16.5. The summed E-state index contributed by atoms with van der Waals surface area (Å²) >= 11 is 0. The predicted molar refractivity (Wildman–Crippen MR) is 76.2 cm³/mol. The minimum absolute atomic E-state index is 0.0550. The molecule has 0 bridgehead atoms. The number of nitrogens with two attached hydrogens (primary N) is 1. The summed E-state index contributed by atoms with van der Waals surface area (Å²) in [5.74, 6) is 1.43. The summed E-state index contributed by atoms with van der Waals surface area (Å²) in [6.45, 7) is 0. The Morgan fingerprint density at radius 2 is 1.95 bits per heavy atom. The van der Waals surface area contributed by atoms with Crippen molar-refractivity contribution in [2.75, 3.05) is 12.8 Å². The lowest BCUT2D eigenvalue weighted by Crippen LogP contribution is -2.20. The fraction of sp³-hybridized carbons (Fsp3) is 0.188. The summed E-state index contributed by atoms with van der Waals surface area (Å²) < 4.78 is 11.0. The molecule has 1 aliphatic rings. The number of ketones is 1. The van der Waals surface area contributed by atoms with Crippen LogP contribution in [0.2, 0.25) is 0 Å². The smallest absolute Gasteiger partial charge is 0.170 e. The molecule has 4 nitrogen and oxygen atoms in total. The van der Waals surface area contributed by atoms with Crippen molar-refractivity contribution in [3.63, 3.8) is 0 Å². The zero-order valence-electron chi connectivity index (χ0n) is 11.1. The van der Waals surface area contributed by atoms with Gasteiger partial charge in [-0.25, -0.2) is 0 Å². The minimum atomic E-state index is -0.260. The fourth-order valence-corrected chi connectivity index (χ4v) is 2.35. The van der Waals surface area contributed by atoms with Crippen molar-refractivity contribution in [3.8, 4) is 11.5 Å². The summed E-state index contributed by atoms with van der Waals surface area (Å²) in [5, 5.41) is 0. The number of rotatable bonds is 2. The molecule has 1 aliphatic heterocycles. The van der Waals surface area contributed by atoms with E-state index in [-0.39, 0.29) is 11.9 Å². The van der Waals surface area contributed by atoms with Crippen molar-refractivity contribution in [2.45, 2.75) is 12.5 Å². The molecular formula is C16H15NO3. The number of ether oxygens (including phenoxy) is 2. The number of methoxy groups -OCH3 is 1. The van der Waals surface area contributed by atoms with Crippen molar-refractivity contribution in [1.29, 1.82) is 0 Å². The lowest BCUT2D eigenvalue weighted by atomic mass is 9.96. The summed E-state index contributed by atoms with van der Waals surface area (Å²) in [5.41, 5.74) is 7.80. The van der Waals surface area contributed by atoms with Crippen LogP contribution in [-0.4, -0.2) is 12.9 Å². The Bertz CT molecular complexity index is 649. The molecule has 0 spiro atoms. The zero-order chi connectivity index (χ0) is 14.1. The average molecular weight is 269 g/mol. The monoisotopic (exact) mass is 269 g/mol. The Balaban J connectivity index is 1.90. The maximum Gasteiger partial charge on any atom is 0.170 e. The highest BCUT2D eigenvalue weighted by Gasteiger charge is 2.27. The second kappa shape index (κ2) is 4.89. The van der Waals surface area contributed by atoms with E-state index in [2.05, 4.69) is 0 Å². The fourth-order valence-electron chi connectivity index (χ4n) is 2.35. The number of benzene rings is 2. The largest absolute Gasteiger partial charge is 0.497 e. The van der Waals surface area contributed by atoms with Gasteiger partial charge in [-0.3, -0.25) is 4.79 Å². The summed E-state index contributed by atoms with van der Waals surface area (Å²) in [6.07, 6.45) is 0.0625. The molecule has 1 atom stereocenters. The van der Waals surface area contributed by atoms with Gasteiger partial charge in [-0.2, -0.15) is 0 Å². The van der Waals surface area contributed by atoms with Gasteiger partial charge in [-0.05, 0) is 35.9 Å². The second-order valence-corrected chi connectivity index (χ2v) is 4.76. The topological polar surface area (TPSA) is 61.5 Å². The van der Waals surface area contributed by atoms with Crippen LogP contribution in [0.25, 0.3) is 0 Å². The van der Waals surface area contributed by atoms with Crippen LogP contribution < -0.4 is 15.2 Å². The number of hydrogen-bond donors (Lipinski definition) is 1. The van der Waals surface area contributed by atoms with Crippen LogP contribution >= 0.6 is 0 Å². The molecule has 20 heavy (non-hydrogen) atoms. The molecule has 3 rings (SSSR count). The van der Waals surface area contributed by atoms with Crippen molar-refractivity contribution in [1.82, 2.24) is 0 Å². The molecule has 102 valence electrons. The van der Waals surface area contributed by atoms with Crippen LogP contribution in [0.15, 0.2) is 42.5 Å². The lowest BCUT2D eigenvalue weighted by molar-refractivity contribution is 0.0850. The van der Waals surface area contributed by atoms with E-state index in [4.69, 9.17) is 15.2 Å². The molecule has 1 unspecified atom stereocenters. The number of anilines is 1. The number of carbonyl (C=O) groups is 1. The number of Topliss-reactive ketones (excluding diaryl/α,β-unsaturated/α-hetero) is 1. The second-order valence-electron chi connectivity index (χ2n) is 4.76. The Morgan fingerprint density at radius 1 is 1.20 bits per heavy atom. The molecular weight excluding hydrogens is 254 g/mol. The first-order valence-corrected chi connectivity index (χ1v) is 6.40. The Kier molecular flexibility index (Phi) is 3.06. The van der Waals surface area contributed by atoms with Crippen LogP contribution in [0.5, 0.6) is 11.5 Å². The molecule has 0 amide bonds. The highest BCUT2D eigenvalue weighted by molar-refractivity contribution is 6.00. The van der Waals surface area contributed by atoms with Gasteiger partial charge < -0.3 is 15.2 Å². The third kappa shape index (κ3) is 2.20. The third-order valence-corrected chi connectivity index (χ3v) is 3.43.